The van der Waals surface area contributed by atoms with Crippen molar-refractivity contribution in [2.45, 2.75) is 26.3 Å². The predicted octanol–water partition coefficient (Wildman–Crippen LogP) is 3.60. The van der Waals surface area contributed by atoms with Gasteiger partial charge in [-0.3, -0.25) is 4.99 Å². The van der Waals surface area contributed by atoms with Gasteiger partial charge < -0.3 is 24.5 Å². The highest BCUT2D eigenvalue weighted by Crippen LogP contribution is 2.28. The number of halogens is 1. The molecule has 1 aromatic carbocycles. The average molecular weight is 473 g/mol. The molecule has 0 saturated carbocycles. The second-order valence-electron chi connectivity index (χ2n) is 5.52. The zero-order valence-corrected chi connectivity index (χ0v) is 17.9. The highest BCUT2D eigenvalue weighted by Gasteiger charge is 2.06. The average Bonchev–Trinajstić information content (AvgIpc) is 3.16. The van der Waals surface area contributed by atoms with Crippen LogP contribution in [0, 0.1) is 0 Å². The summed E-state index contributed by atoms with van der Waals surface area (Å²) in [4.78, 5) is 4.23. The van der Waals surface area contributed by atoms with Crippen LogP contribution in [0.4, 0.5) is 0 Å². The molecule has 2 rings (SSSR count). The first-order valence-electron chi connectivity index (χ1n) is 8.53. The van der Waals surface area contributed by atoms with Crippen molar-refractivity contribution < 1.29 is 13.9 Å². The number of guanidine groups is 1. The molecule has 0 spiro atoms. The summed E-state index contributed by atoms with van der Waals surface area (Å²) in [7, 11) is 3.41. The third-order valence-corrected chi connectivity index (χ3v) is 3.62. The fraction of sp³-hybridized carbons (Fsp3) is 0.421. The van der Waals surface area contributed by atoms with E-state index >= 15 is 0 Å². The molecular weight excluding hydrogens is 445 g/mol. The van der Waals surface area contributed by atoms with Crippen molar-refractivity contribution in [2.24, 2.45) is 4.99 Å². The smallest absolute Gasteiger partial charge is 0.191 e. The molecule has 1 aromatic heterocycles. The molecule has 2 aromatic rings. The first-order chi connectivity index (χ1) is 12.3. The summed E-state index contributed by atoms with van der Waals surface area (Å²) in [6.45, 7) is 4.15. The summed E-state index contributed by atoms with van der Waals surface area (Å²) in [5.41, 5.74) is 1.09. The largest absolute Gasteiger partial charge is 0.493 e. The number of nitrogens with one attached hydrogen (secondary N) is 2. The molecule has 0 fully saturated rings. The van der Waals surface area contributed by atoms with E-state index in [0.717, 1.165) is 48.2 Å². The lowest BCUT2D eigenvalue weighted by Crippen LogP contribution is -2.37. The van der Waals surface area contributed by atoms with Crippen molar-refractivity contribution in [3.63, 3.8) is 0 Å². The summed E-state index contributed by atoms with van der Waals surface area (Å²) in [5, 5.41) is 6.56. The zero-order chi connectivity index (χ0) is 17.9. The van der Waals surface area contributed by atoms with Gasteiger partial charge in [0, 0.05) is 26.6 Å². The molecule has 144 valence electrons. The molecule has 0 atom stereocenters. The molecule has 2 N–H and O–H groups in total. The molecule has 0 amide bonds. The van der Waals surface area contributed by atoms with Gasteiger partial charge in [-0.05, 0) is 36.2 Å². The molecule has 0 aliphatic heterocycles. The standard InChI is InChI=1S/C19H27N3O3.HI/c1-4-11-25-17-8-7-15(13-18(17)23-3)14-22-19(20-2)21-10-9-16-6-5-12-24-16;/h5-8,12-13H,4,9-11,14H2,1-3H3,(H2,20,21,22);1H. The summed E-state index contributed by atoms with van der Waals surface area (Å²) < 4.78 is 16.4. The van der Waals surface area contributed by atoms with Gasteiger partial charge in [0.15, 0.2) is 17.5 Å². The minimum absolute atomic E-state index is 0. The van der Waals surface area contributed by atoms with Gasteiger partial charge in [-0.25, -0.2) is 0 Å². The van der Waals surface area contributed by atoms with E-state index in [-0.39, 0.29) is 24.0 Å². The van der Waals surface area contributed by atoms with E-state index in [1.165, 1.54) is 0 Å². The Hall–Kier alpha value is -1.90. The molecule has 0 aliphatic rings. The van der Waals surface area contributed by atoms with Crippen LogP contribution in [0.5, 0.6) is 11.5 Å². The molecule has 26 heavy (non-hydrogen) atoms. The van der Waals surface area contributed by atoms with Crippen LogP contribution in [-0.2, 0) is 13.0 Å². The number of methoxy groups -OCH3 is 1. The number of benzene rings is 1. The quantitative estimate of drug-likeness (QED) is 0.331. The van der Waals surface area contributed by atoms with E-state index < -0.39 is 0 Å². The topological polar surface area (TPSA) is 68.0 Å². The van der Waals surface area contributed by atoms with Gasteiger partial charge in [0.25, 0.3) is 0 Å². The Morgan fingerprint density at radius 1 is 1.19 bits per heavy atom. The molecule has 0 bridgehead atoms. The highest BCUT2D eigenvalue weighted by molar-refractivity contribution is 14.0. The van der Waals surface area contributed by atoms with Crippen LogP contribution in [0.1, 0.15) is 24.7 Å². The first kappa shape index (κ1) is 22.1. The van der Waals surface area contributed by atoms with Crippen molar-refractivity contribution in [1.29, 1.82) is 0 Å². The van der Waals surface area contributed by atoms with Crippen LogP contribution in [0.25, 0.3) is 0 Å². The molecule has 6 nitrogen and oxygen atoms in total. The van der Waals surface area contributed by atoms with E-state index in [9.17, 15) is 0 Å². The Bertz CT molecular complexity index is 660. The molecule has 0 saturated heterocycles. The second-order valence-corrected chi connectivity index (χ2v) is 5.52. The monoisotopic (exact) mass is 473 g/mol. The van der Waals surface area contributed by atoms with Crippen molar-refractivity contribution in [1.82, 2.24) is 10.6 Å². The Morgan fingerprint density at radius 3 is 2.69 bits per heavy atom. The van der Waals surface area contributed by atoms with Gasteiger partial charge in [0.05, 0.1) is 20.0 Å². The van der Waals surface area contributed by atoms with Crippen molar-refractivity contribution in [2.75, 3.05) is 27.3 Å². The minimum atomic E-state index is 0. The summed E-state index contributed by atoms with van der Waals surface area (Å²) in [5.74, 6) is 3.22. The van der Waals surface area contributed by atoms with Crippen LogP contribution >= 0.6 is 24.0 Å². The number of hydrogen-bond acceptors (Lipinski definition) is 4. The molecular formula is C19H28IN3O3. The van der Waals surface area contributed by atoms with Crippen LogP contribution in [0.2, 0.25) is 0 Å². The van der Waals surface area contributed by atoms with Crippen molar-refractivity contribution in [3.8, 4) is 11.5 Å². The van der Waals surface area contributed by atoms with Crippen LogP contribution < -0.4 is 20.1 Å². The molecule has 7 heteroatoms. The molecule has 0 aliphatic carbocycles. The number of aliphatic imine (C=N–C) groups is 1. The summed E-state index contributed by atoms with van der Waals surface area (Å²) >= 11 is 0. The van der Waals surface area contributed by atoms with Gasteiger partial charge in [-0.1, -0.05) is 13.0 Å². The predicted molar refractivity (Wildman–Crippen MR) is 115 cm³/mol. The normalized spacial score (nSPS) is 10.8. The maximum Gasteiger partial charge on any atom is 0.191 e. The number of furan rings is 1. The number of hydrogen-bond donors (Lipinski definition) is 2. The van der Waals surface area contributed by atoms with Crippen molar-refractivity contribution in [3.05, 3.63) is 47.9 Å². The maximum absolute atomic E-state index is 5.68. The third kappa shape index (κ3) is 7.15. The van der Waals surface area contributed by atoms with Gasteiger partial charge in [0.1, 0.15) is 5.76 Å². The van der Waals surface area contributed by atoms with E-state index in [0.29, 0.717) is 13.2 Å². The lowest BCUT2D eigenvalue weighted by atomic mass is 10.2. The highest BCUT2D eigenvalue weighted by atomic mass is 127. The lowest BCUT2D eigenvalue weighted by molar-refractivity contribution is 0.294. The fourth-order valence-electron chi connectivity index (χ4n) is 2.32. The van der Waals surface area contributed by atoms with E-state index in [2.05, 4.69) is 22.5 Å². The van der Waals surface area contributed by atoms with E-state index in [4.69, 9.17) is 13.9 Å². The molecule has 0 radical (unpaired) electrons. The maximum atomic E-state index is 5.68. The number of rotatable bonds is 9. The third-order valence-electron chi connectivity index (χ3n) is 3.62. The Morgan fingerprint density at radius 2 is 2.04 bits per heavy atom. The molecule has 0 unspecified atom stereocenters. The number of nitrogens with zero attached hydrogens (tertiary/aromatic N) is 1. The first-order valence-corrected chi connectivity index (χ1v) is 8.53. The summed E-state index contributed by atoms with van der Waals surface area (Å²) in [6.07, 6.45) is 3.46. The van der Waals surface area contributed by atoms with Gasteiger partial charge in [-0.15, -0.1) is 24.0 Å². The van der Waals surface area contributed by atoms with Gasteiger partial charge >= 0.3 is 0 Å². The zero-order valence-electron chi connectivity index (χ0n) is 15.6. The van der Waals surface area contributed by atoms with Crippen LogP contribution in [-0.4, -0.2) is 33.3 Å². The van der Waals surface area contributed by atoms with Gasteiger partial charge in [-0.2, -0.15) is 0 Å². The van der Waals surface area contributed by atoms with E-state index in [1.807, 2.05) is 30.3 Å². The van der Waals surface area contributed by atoms with Crippen molar-refractivity contribution >= 4 is 29.9 Å². The number of ether oxygens (including phenoxy) is 2. The lowest BCUT2D eigenvalue weighted by Gasteiger charge is -2.14. The minimum Gasteiger partial charge on any atom is -0.493 e. The molecule has 1 heterocycles. The second kappa shape index (κ2) is 12.5. The van der Waals surface area contributed by atoms with E-state index in [1.54, 1.807) is 20.4 Å². The SMILES string of the molecule is CCCOc1ccc(CNC(=NC)NCCc2ccco2)cc1OC.I. The fourth-order valence-corrected chi connectivity index (χ4v) is 2.32. The summed E-state index contributed by atoms with van der Waals surface area (Å²) in [6, 6.07) is 9.80. The Labute approximate surface area is 172 Å². The van der Waals surface area contributed by atoms with Crippen LogP contribution in [0.3, 0.4) is 0 Å². The van der Waals surface area contributed by atoms with Crippen LogP contribution in [0.15, 0.2) is 46.0 Å². The van der Waals surface area contributed by atoms with Gasteiger partial charge in [0.2, 0.25) is 0 Å². The Kier molecular flexibility index (Phi) is 10.6. The Balaban J connectivity index is 0.00000338.